The zero-order valence-electron chi connectivity index (χ0n) is 14.4. The van der Waals surface area contributed by atoms with Crippen molar-refractivity contribution in [3.8, 4) is 0 Å². The molecule has 0 saturated carbocycles. The van der Waals surface area contributed by atoms with E-state index in [1.165, 1.54) is 35.5 Å². The molecule has 1 heterocycles. The Kier molecular flexibility index (Phi) is 5.40. The van der Waals surface area contributed by atoms with Crippen LogP contribution in [-0.2, 0) is 26.4 Å². The minimum atomic E-state index is -3.97. The Morgan fingerprint density at radius 1 is 1.00 bits per heavy atom. The molecule has 0 spiro atoms. The molecule has 142 valence electrons. The molecule has 0 bridgehead atoms. The first-order valence-corrected chi connectivity index (χ1v) is 11.3. The van der Waals surface area contributed by atoms with E-state index in [4.69, 9.17) is 0 Å². The first-order valence-electron chi connectivity index (χ1n) is 7.95. The maximum absolute atomic E-state index is 12.9. The first kappa shape index (κ1) is 19.2. The highest BCUT2D eigenvalue weighted by atomic mass is 32.2. The molecular weight excluding hydrogens is 388 g/mol. The van der Waals surface area contributed by atoms with Crippen molar-refractivity contribution in [1.29, 1.82) is 0 Å². The molecule has 1 unspecified atom stereocenters. The molecule has 2 aromatic carbocycles. The second kappa shape index (κ2) is 7.59. The normalized spacial score (nSPS) is 13.4. The zero-order chi connectivity index (χ0) is 19.5. The Hall–Kier alpha value is -2.56. The van der Waals surface area contributed by atoms with E-state index in [1.54, 1.807) is 12.1 Å². The number of aromatic nitrogens is 3. The van der Waals surface area contributed by atoms with Gasteiger partial charge >= 0.3 is 0 Å². The molecule has 1 atom stereocenters. The van der Waals surface area contributed by atoms with Crippen molar-refractivity contribution in [2.75, 3.05) is 6.26 Å². The standard InChI is InChI=1S/C17H18N4O4S2/c1-26(22,23)15-8-5-9-16(10-15)27(24,25)20-17(11-21-13-18-12-19-21)14-6-3-2-4-7-14/h2-10,12-13,17,20H,11H2,1H3. The lowest BCUT2D eigenvalue weighted by Gasteiger charge is -2.19. The van der Waals surface area contributed by atoms with Crippen LogP contribution in [0.25, 0.3) is 0 Å². The predicted octanol–water partition coefficient (Wildman–Crippen LogP) is 1.40. The second-order valence-electron chi connectivity index (χ2n) is 5.95. The maximum atomic E-state index is 12.9. The molecule has 0 radical (unpaired) electrons. The van der Waals surface area contributed by atoms with Gasteiger partial charge in [0.2, 0.25) is 10.0 Å². The van der Waals surface area contributed by atoms with Crippen molar-refractivity contribution in [3.63, 3.8) is 0 Å². The minimum absolute atomic E-state index is 0.0575. The SMILES string of the molecule is CS(=O)(=O)c1cccc(S(=O)(=O)NC(Cn2cncn2)c2ccccc2)c1. The Morgan fingerprint density at radius 2 is 1.70 bits per heavy atom. The Morgan fingerprint density at radius 3 is 2.33 bits per heavy atom. The fourth-order valence-electron chi connectivity index (χ4n) is 2.54. The Bertz CT molecular complexity index is 1110. The molecule has 10 heteroatoms. The summed E-state index contributed by atoms with van der Waals surface area (Å²) in [5.74, 6) is 0. The lowest BCUT2D eigenvalue weighted by Crippen LogP contribution is -2.31. The molecule has 0 aliphatic heterocycles. The molecular formula is C17H18N4O4S2. The first-order chi connectivity index (χ1) is 12.8. The van der Waals surface area contributed by atoms with E-state index in [0.29, 0.717) is 0 Å². The quantitative estimate of drug-likeness (QED) is 0.635. The van der Waals surface area contributed by atoms with Gasteiger partial charge in [-0.05, 0) is 23.8 Å². The average Bonchev–Trinajstić information content (AvgIpc) is 3.14. The Labute approximate surface area is 157 Å². The largest absolute Gasteiger partial charge is 0.251 e. The third-order valence-electron chi connectivity index (χ3n) is 3.88. The molecule has 0 aliphatic carbocycles. The smallest absolute Gasteiger partial charge is 0.241 e. The van der Waals surface area contributed by atoms with E-state index in [0.717, 1.165) is 17.9 Å². The molecule has 3 aromatic rings. The molecule has 3 rings (SSSR count). The molecule has 1 N–H and O–H groups in total. The van der Waals surface area contributed by atoms with Crippen molar-refractivity contribution in [1.82, 2.24) is 19.5 Å². The molecule has 0 fully saturated rings. The van der Waals surface area contributed by atoms with Crippen LogP contribution >= 0.6 is 0 Å². The van der Waals surface area contributed by atoms with Gasteiger partial charge in [-0.2, -0.15) is 5.10 Å². The van der Waals surface area contributed by atoms with Gasteiger partial charge in [-0.25, -0.2) is 26.5 Å². The Balaban J connectivity index is 1.95. The fraction of sp³-hybridized carbons (Fsp3) is 0.176. The second-order valence-corrected chi connectivity index (χ2v) is 9.68. The van der Waals surface area contributed by atoms with Crippen LogP contribution in [0.15, 0.2) is 77.0 Å². The van der Waals surface area contributed by atoms with E-state index >= 15 is 0 Å². The number of sulfone groups is 1. The van der Waals surface area contributed by atoms with E-state index in [1.807, 2.05) is 18.2 Å². The van der Waals surface area contributed by atoms with Crippen molar-refractivity contribution in [2.24, 2.45) is 0 Å². The van der Waals surface area contributed by atoms with Crippen LogP contribution in [-0.4, -0.2) is 37.9 Å². The molecule has 0 aliphatic rings. The van der Waals surface area contributed by atoms with Crippen molar-refractivity contribution in [2.45, 2.75) is 22.4 Å². The number of nitrogens with zero attached hydrogens (tertiary/aromatic N) is 3. The van der Waals surface area contributed by atoms with Gasteiger partial charge in [0.05, 0.1) is 22.4 Å². The third kappa shape index (κ3) is 4.79. The van der Waals surface area contributed by atoms with Crippen LogP contribution in [0, 0.1) is 0 Å². The summed E-state index contributed by atoms with van der Waals surface area (Å²) < 4.78 is 53.4. The number of sulfonamides is 1. The van der Waals surface area contributed by atoms with Crippen LogP contribution in [0.3, 0.4) is 0 Å². The van der Waals surface area contributed by atoms with Gasteiger partial charge in [0.15, 0.2) is 9.84 Å². The van der Waals surface area contributed by atoms with Crippen LogP contribution < -0.4 is 4.72 Å². The van der Waals surface area contributed by atoms with Crippen molar-refractivity contribution in [3.05, 3.63) is 72.8 Å². The summed E-state index contributed by atoms with van der Waals surface area (Å²) in [6.45, 7) is 0.231. The highest BCUT2D eigenvalue weighted by molar-refractivity contribution is 7.91. The summed E-state index contributed by atoms with van der Waals surface area (Å²) >= 11 is 0. The van der Waals surface area contributed by atoms with Crippen LogP contribution in [0.2, 0.25) is 0 Å². The van der Waals surface area contributed by atoms with E-state index in [2.05, 4.69) is 14.8 Å². The number of rotatable bonds is 7. The van der Waals surface area contributed by atoms with Crippen LogP contribution in [0.5, 0.6) is 0 Å². The van der Waals surface area contributed by atoms with Gasteiger partial charge in [-0.3, -0.25) is 4.68 Å². The van der Waals surface area contributed by atoms with Gasteiger partial charge in [0.1, 0.15) is 12.7 Å². The minimum Gasteiger partial charge on any atom is -0.251 e. The monoisotopic (exact) mass is 406 g/mol. The molecule has 8 nitrogen and oxygen atoms in total. The van der Waals surface area contributed by atoms with E-state index in [-0.39, 0.29) is 16.3 Å². The van der Waals surface area contributed by atoms with Gasteiger partial charge in [0.25, 0.3) is 0 Å². The summed E-state index contributed by atoms with van der Waals surface area (Å²) in [5, 5.41) is 4.02. The average molecular weight is 406 g/mol. The van der Waals surface area contributed by atoms with Crippen LogP contribution in [0.1, 0.15) is 11.6 Å². The molecule has 0 amide bonds. The molecule has 0 saturated heterocycles. The summed E-state index contributed by atoms with van der Waals surface area (Å²) in [7, 11) is -7.49. The van der Waals surface area contributed by atoms with Crippen molar-refractivity contribution >= 4 is 19.9 Å². The summed E-state index contributed by atoms with van der Waals surface area (Å²) in [5.41, 5.74) is 0.746. The molecule has 27 heavy (non-hydrogen) atoms. The van der Waals surface area contributed by atoms with E-state index in [9.17, 15) is 16.8 Å². The van der Waals surface area contributed by atoms with Gasteiger partial charge in [-0.15, -0.1) is 0 Å². The summed E-state index contributed by atoms with van der Waals surface area (Å²) in [4.78, 5) is 3.69. The van der Waals surface area contributed by atoms with E-state index < -0.39 is 25.9 Å². The number of hydrogen-bond acceptors (Lipinski definition) is 6. The zero-order valence-corrected chi connectivity index (χ0v) is 16.1. The van der Waals surface area contributed by atoms with Crippen molar-refractivity contribution < 1.29 is 16.8 Å². The number of benzene rings is 2. The van der Waals surface area contributed by atoms with Gasteiger partial charge in [-0.1, -0.05) is 36.4 Å². The summed E-state index contributed by atoms with van der Waals surface area (Å²) in [6, 6.07) is 13.7. The highest BCUT2D eigenvalue weighted by Gasteiger charge is 2.23. The third-order valence-corrected chi connectivity index (χ3v) is 6.46. The number of hydrogen-bond donors (Lipinski definition) is 1. The fourth-order valence-corrected chi connectivity index (χ4v) is 4.54. The maximum Gasteiger partial charge on any atom is 0.241 e. The van der Waals surface area contributed by atoms with Gasteiger partial charge in [0, 0.05) is 6.26 Å². The number of nitrogens with one attached hydrogen (secondary N) is 1. The van der Waals surface area contributed by atoms with Crippen LogP contribution in [0.4, 0.5) is 0 Å². The van der Waals surface area contributed by atoms with Gasteiger partial charge < -0.3 is 0 Å². The lowest BCUT2D eigenvalue weighted by atomic mass is 10.1. The topological polar surface area (TPSA) is 111 Å². The highest BCUT2D eigenvalue weighted by Crippen LogP contribution is 2.21. The molecule has 1 aromatic heterocycles. The predicted molar refractivity (Wildman–Crippen MR) is 99.1 cm³/mol. The lowest BCUT2D eigenvalue weighted by molar-refractivity contribution is 0.482. The summed E-state index contributed by atoms with van der Waals surface area (Å²) in [6.07, 6.45) is 3.89.